The molecule has 6 heteroatoms. The number of nitrogens with two attached hydrogens (primary N) is 1. The van der Waals surface area contributed by atoms with Crippen LogP contribution in [0.2, 0.25) is 0 Å². The summed E-state index contributed by atoms with van der Waals surface area (Å²) in [6.07, 6.45) is 12.2. The highest BCUT2D eigenvalue weighted by molar-refractivity contribution is 5.78. The summed E-state index contributed by atoms with van der Waals surface area (Å²) in [5.41, 5.74) is 10.0. The van der Waals surface area contributed by atoms with Gasteiger partial charge in [-0.1, -0.05) is 18.2 Å². The zero-order valence-corrected chi connectivity index (χ0v) is 16.3. The number of fused-ring (bicyclic) bond motifs is 4. The van der Waals surface area contributed by atoms with Gasteiger partial charge in [-0.25, -0.2) is 4.99 Å². The minimum absolute atomic E-state index is 0.187. The van der Waals surface area contributed by atoms with Crippen LogP contribution >= 0.6 is 0 Å². The van der Waals surface area contributed by atoms with Crippen LogP contribution in [0.1, 0.15) is 29.7 Å². The number of amidine groups is 1. The Morgan fingerprint density at radius 3 is 2.70 bits per heavy atom. The summed E-state index contributed by atoms with van der Waals surface area (Å²) in [5, 5.41) is 0. The standard InChI is InChI=1S/C24H20N4O2/c25-23-28-24(14-29-23)19-10-16(17-2-1-9-26-12-17)6-8-21(19)30-22-13-27-18(11-20(22)24)7-5-15-3-4-15/h1-2,5-13,15H,3-4,14H2,(H2,25,28)/t24-/m0/s1. The zero-order valence-electron chi connectivity index (χ0n) is 16.3. The fraction of sp³-hybridized carbons (Fsp3) is 0.208. The molecular formula is C24H20N4O2. The number of allylic oxidation sites excluding steroid dienone is 1. The second-order valence-corrected chi connectivity index (χ2v) is 7.96. The summed E-state index contributed by atoms with van der Waals surface area (Å²) in [5.74, 6) is 2.10. The maximum Gasteiger partial charge on any atom is 0.283 e. The average Bonchev–Trinajstić information content (AvgIpc) is 3.54. The summed E-state index contributed by atoms with van der Waals surface area (Å²) >= 11 is 0. The van der Waals surface area contributed by atoms with E-state index >= 15 is 0 Å². The Morgan fingerprint density at radius 2 is 1.93 bits per heavy atom. The number of rotatable bonds is 3. The van der Waals surface area contributed by atoms with E-state index in [0.29, 0.717) is 18.3 Å². The molecule has 3 aliphatic rings. The highest BCUT2D eigenvalue weighted by Crippen LogP contribution is 2.51. The van der Waals surface area contributed by atoms with E-state index in [9.17, 15) is 0 Å². The van der Waals surface area contributed by atoms with Gasteiger partial charge in [0, 0.05) is 29.1 Å². The van der Waals surface area contributed by atoms with Gasteiger partial charge in [0.25, 0.3) is 6.02 Å². The van der Waals surface area contributed by atoms with Crippen molar-refractivity contribution < 1.29 is 9.47 Å². The van der Waals surface area contributed by atoms with Crippen molar-refractivity contribution >= 4 is 12.1 Å². The molecule has 148 valence electrons. The van der Waals surface area contributed by atoms with Crippen molar-refractivity contribution in [2.75, 3.05) is 6.61 Å². The Kier molecular flexibility index (Phi) is 3.68. The lowest BCUT2D eigenvalue weighted by Crippen LogP contribution is -2.31. The first-order valence-corrected chi connectivity index (χ1v) is 10.1. The molecule has 0 amide bonds. The maximum atomic E-state index is 6.22. The number of benzene rings is 1. The molecule has 1 aliphatic carbocycles. The van der Waals surface area contributed by atoms with E-state index in [-0.39, 0.29) is 6.02 Å². The monoisotopic (exact) mass is 396 g/mol. The molecule has 1 saturated carbocycles. The second-order valence-electron chi connectivity index (χ2n) is 7.96. The number of pyridine rings is 2. The molecule has 2 N–H and O–H groups in total. The molecule has 0 unspecified atom stereocenters. The Hall–Kier alpha value is -3.67. The van der Waals surface area contributed by atoms with Crippen molar-refractivity contribution in [3.05, 3.63) is 77.9 Å². The number of hydrogen-bond acceptors (Lipinski definition) is 6. The van der Waals surface area contributed by atoms with Crippen LogP contribution < -0.4 is 10.5 Å². The Morgan fingerprint density at radius 1 is 1.03 bits per heavy atom. The summed E-state index contributed by atoms with van der Waals surface area (Å²) in [6.45, 7) is 0.328. The first-order valence-electron chi connectivity index (χ1n) is 10.1. The molecule has 2 aliphatic heterocycles. The molecule has 30 heavy (non-hydrogen) atoms. The Balaban J connectivity index is 1.51. The molecule has 4 heterocycles. The minimum atomic E-state index is -0.754. The van der Waals surface area contributed by atoms with Gasteiger partial charge in [-0.2, -0.15) is 0 Å². The molecule has 1 fully saturated rings. The van der Waals surface area contributed by atoms with Crippen molar-refractivity contribution in [3.8, 4) is 22.6 Å². The maximum absolute atomic E-state index is 6.22. The number of aromatic nitrogens is 2. The molecule has 3 aromatic rings. The topological polar surface area (TPSA) is 82.6 Å². The molecule has 6 nitrogen and oxygen atoms in total. The summed E-state index contributed by atoms with van der Waals surface area (Å²) in [7, 11) is 0. The SMILES string of the molecule is NC1=N[C@@]2(CO1)c1cc(-c3cccnc3)ccc1Oc1cnc(C=CC3CC3)cc12. The van der Waals surface area contributed by atoms with E-state index in [2.05, 4.69) is 28.2 Å². The second kappa shape index (κ2) is 6.42. The van der Waals surface area contributed by atoms with Gasteiger partial charge in [-0.05, 0) is 54.7 Å². The largest absolute Gasteiger partial charge is 0.462 e. The van der Waals surface area contributed by atoms with Crippen LogP contribution in [-0.2, 0) is 10.3 Å². The van der Waals surface area contributed by atoms with E-state index in [1.165, 1.54) is 12.8 Å². The van der Waals surface area contributed by atoms with Gasteiger partial charge in [0.2, 0.25) is 0 Å². The normalized spacial score (nSPS) is 21.7. The van der Waals surface area contributed by atoms with Crippen LogP contribution in [0, 0.1) is 5.92 Å². The fourth-order valence-electron chi connectivity index (χ4n) is 4.10. The lowest BCUT2D eigenvalue weighted by atomic mass is 9.80. The Bertz CT molecular complexity index is 1200. The lowest BCUT2D eigenvalue weighted by Gasteiger charge is -2.33. The number of ether oxygens (including phenoxy) is 2. The molecule has 0 bridgehead atoms. The van der Waals surface area contributed by atoms with Gasteiger partial charge in [-0.3, -0.25) is 9.97 Å². The quantitative estimate of drug-likeness (QED) is 0.715. The molecule has 0 saturated heterocycles. The minimum Gasteiger partial charge on any atom is -0.462 e. The summed E-state index contributed by atoms with van der Waals surface area (Å²) in [4.78, 5) is 13.6. The van der Waals surface area contributed by atoms with Gasteiger partial charge in [0.15, 0.2) is 11.3 Å². The summed E-state index contributed by atoms with van der Waals surface area (Å²) < 4.78 is 11.9. The van der Waals surface area contributed by atoms with Crippen LogP contribution in [0.15, 0.2) is 66.1 Å². The van der Waals surface area contributed by atoms with E-state index < -0.39 is 5.54 Å². The van der Waals surface area contributed by atoms with Crippen molar-refractivity contribution in [1.29, 1.82) is 0 Å². The van der Waals surface area contributed by atoms with Gasteiger partial charge in [-0.15, -0.1) is 0 Å². The van der Waals surface area contributed by atoms with Gasteiger partial charge < -0.3 is 15.2 Å². The molecule has 1 spiro atoms. The third-order valence-electron chi connectivity index (χ3n) is 5.87. The third-order valence-corrected chi connectivity index (χ3v) is 5.87. The third kappa shape index (κ3) is 2.76. The number of nitrogens with zero attached hydrogens (tertiary/aromatic N) is 3. The van der Waals surface area contributed by atoms with Crippen molar-refractivity contribution in [3.63, 3.8) is 0 Å². The highest BCUT2D eigenvalue weighted by Gasteiger charge is 2.47. The van der Waals surface area contributed by atoms with Crippen molar-refractivity contribution in [2.24, 2.45) is 16.6 Å². The summed E-state index contributed by atoms with van der Waals surface area (Å²) in [6, 6.07) is 12.3. The van der Waals surface area contributed by atoms with Gasteiger partial charge >= 0.3 is 0 Å². The first-order chi connectivity index (χ1) is 14.7. The first kappa shape index (κ1) is 17.2. The van der Waals surface area contributed by atoms with Crippen LogP contribution in [0.4, 0.5) is 0 Å². The average molecular weight is 396 g/mol. The molecule has 0 radical (unpaired) electrons. The smallest absolute Gasteiger partial charge is 0.283 e. The van der Waals surface area contributed by atoms with Crippen LogP contribution in [0.25, 0.3) is 17.2 Å². The van der Waals surface area contributed by atoms with Crippen LogP contribution in [0.3, 0.4) is 0 Å². The zero-order chi connectivity index (χ0) is 20.1. The van der Waals surface area contributed by atoms with Crippen molar-refractivity contribution in [1.82, 2.24) is 9.97 Å². The predicted octanol–water partition coefficient (Wildman–Crippen LogP) is 4.26. The molecule has 2 aromatic heterocycles. The fourth-order valence-corrected chi connectivity index (χ4v) is 4.10. The van der Waals surface area contributed by atoms with Crippen LogP contribution in [0.5, 0.6) is 11.5 Å². The van der Waals surface area contributed by atoms with E-state index in [1.54, 1.807) is 12.4 Å². The predicted molar refractivity (Wildman–Crippen MR) is 114 cm³/mol. The molecule has 1 aromatic carbocycles. The number of aliphatic imine (C=N–C) groups is 1. The Labute approximate surface area is 174 Å². The van der Waals surface area contributed by atoms with Crippen molar-refractivity contribution in [2.45, 2.75) is 18.4 Å². The van der Waals surface area contributed by atoms with Gasteiger partial charge in [0.1, 0.15) is 12.4 Å². The van der Waals surface area contributed by atoms with E-state index in [4.69, 9.17) is 20.2 Å². The van der Waals surface area contributed by atoms with Crippen LogP contribution in [-0.4, -0.2) is 22.6 Å². The highest BCUT2D eigenvalue weighted by atomic mass is 16.5. The van der Waals surface area contributed by atoms with E-state index in [0.717, 1.165) is 33.7 Å². The molecule has 1 atom stereocenters. The number of hydrogen-bond donors (Lipinski definition) is 1. The molecule has 6 rings (SSSR count). The van der Waals surface area contributed by atoms with E-state index in [1.807, 2.05) is 36.5 Å². The van der Waals surface area contributed by atoms with Gasteiger partial charge in [0.05, 0.1) is 11.9 Å². The molecular weight excluding hydrogens is 376 g/mol. The lowest BCUT2D eigenvalue weighted by molar-refractivity contribution is 0.264.